The van der Waals surface area contributed by atoms with Gasteiger partial charge in [0.05, 0.1) is 12.0 Å². The molecule has 0 spiro atoms. The molecule has 0 amide bonds. The van der Waals surface area contributed by atoms with Crippen LogP contribution >= 0.6 is 0 Å². The van der Waals surface area contributed by atoms with Crippen molar-refractivity contribution in [2.24, 2.45) is 11.3 Å². The number of hydrogen-bond acceptors (Lipinski definition) is 7. The van der Waals surface area contributed by atoms with E-state index in [1.54, 1.807) is 35.0 Å². The van der Waals surface area contributed by atoms with Crippen LogP contribution in [0.1, 0.15) is 61.3 Å². The number of hydrogen-bond donors (Lipinski definition) is 0. The van der Waals surface area contributed by atoms with Crippen LogP contribution in [0.15, 0.2) is 24.3 Å². The predicted octanol–water partition coefficient (Wildman–Crippen LogP) is 6.35. The maximum atomic E-state index is 13.0. The van der Waals surface area contributed by atoms with Crippen LogP contribution < -0.4 is 18.9 Å². The van der Waals surface area contributed by atoms with E-state index < -0.39 is 24.0 Å². The van der Waals surface area contributed by atoms with Crippen LogP contribution in [0.5, 0.6) is 23.0 Å². The quantitative estimate of drug-likeness (QED) is 0.201. The highest BCUT2D eigenvalue weighted by Crippen LogP contribution is 2.46. The number of esters is 1. The summed E-state index contributed by atoms with van der Waals surface area (Å²) in [5.41, 5.74) is -0.726. The standard InChI is InChI=1S/C27H40O7/c1-10-22(29-8)32-21-14-18-12-13-19(31-16-17(3)4)15-20(18)24(34-26(28)27(5,6)7)25(21)33-23(11-2)30-9/h12-15,17,22-23H,10-11,16H2,1-9H3. The Bertz CT molecular complexity index is 938. The normalized spacial score (nSPS) is 13.6. The van der Waals surface area contributed by atoms with Crippen molar-refractivity contribution in [1.29, 1.82) is 0 Å². The molecular weight excluding hydrogens is 436 g/mol. The van der Waals surface area contributed by atoms with Gasteiger partial charge in [-0.2, -0.15) is 0 Å². The van der Waals surface area contributed by atoms with E-state index in [0.29, 0.717) is 42.3 Å². The highest BCUT2D eigenvalue weighted by atomic mass is 16.7. The van der Waals surface area contributed by atoms with Gasteiger partial charge in [-0.25, -0.2) is 0 Å². The summed E-state index contributed by atoms with van der Waals surface area (Å²) in [6.45, 7) is 14.1. The minimum atomic E-state index is -0.726. The predicted molar refractivity (Wildman–Crippen MR) is 133 cm³/mol. The van der Waals surface area contributed by atoms with Crippen LogP contribution in [0, 0.1) is 11.3 Å². The molecular formula is C27H40O7. The molecule has 2 atom stereocenters. The van der Waals surface area contributed by atoms with Crippen LogP contribution in [0.4, 0.5) is 0 Å². The van der Waals surface area contributed by atoms with Gasteiger partial charge in [-0.1, -0.05) is 33.8 Å². The third kappa shape index (κ3) is 7.24. The molecule has 2 aromatic carbocycles. The van der Waals surface area contributed by atoms with Gasteiger partial charge in [0.1, 0.15) is 5.75 Å². The molecule has 0 aliphatic carbocycles. The largest absolute Gasteiger partial charge is 0.493 e. The fraction of sp³-hybridized carbons (Fsp3) is 0.593. The molecule has 0 radical (unpaired) electrons. The average Bonchev–Trinajstić information content (AvgIpc) is 2.79. The van der Waals surface area contributed by atoms with E-state index in [0.717, 1.165) is 5.39 Å². The zero-order valence-electron chi connectivity index (χ0n) is 22.0. The fourth-order valence-electron chi connectivity index (χ4n) is 3.07. The monoisotopic (exact) mass is 476 g/mol. The molecule has 0 aliphatic heterocycles. The number of rotatable bonds is 12. The molecule has 0 saturated carbocycles. The van der Waals surface area contributed by atoms with Crippen LogP contribution in [-0.2, 0) is 14.3 Å². The number of fused-ring (bicyclic) bond motifs is 1. The Kier molecular flexibility index (Phi) is 10.0. The second-order valence-corrected chi connectivity index (χ2v) is 9.64. The topological polar surface area (TPSA) is 72.5 Å². The zero-order chi connectivity index (χ0) is 25.5. The number of methoxy groups -OCH3 is 2. The second-order valence-electron chi connectivity index (χ2n) is 9.64. The Morgan fingerprint density at radius 3 is 2.06 bits per heavy atom. The second kappa shape index (κ2) is 12.3. The van der Waals surface area contributed by atoms with Gasteiger partial charge in [0.25, 0.3) is 0 Å². The molecule has 7 heteroatoms. The van der Waals surface area contributed by atoms with Crippen LogP contribution in [-0.4, -0.2) is 39.4 Å². The van der Waals surface area contributed by atoms with Crippen molar-refractivity contribution in [2.75, 3.05) is 20.8 Å². The van der Waals surface area contributed by atoms with Gasteiger partial charge in [0.2, 0.25) is 5.75 Å². The van der Waals surface area contributed by atoms with Gasteiger partial charge in [-0.05, 0) is 50.3 Å². The Labute approximate surface area is 203 Å². The maximum Gasteiger partial charge on any atom is 0.316 e. The lowest BCUT2D eigenvalue weighted by molar-refractivity contribution is -0.143. The van der Waals surface area contributed by atoms with E-state index in [9.17, 15) is 4.79 Å². The third-order valence-corrected chi connectivity index (χ3v) is 5.08. The summed E-state index contributed by atoms with van der Waals surface area (Å²) in [6, 6.07) is 7.52. The first-order chi connectivity index (χ1) is 16.0. The Morgan fingerprint density at radius 1 is 0.912 bits per heavy atom. The molecule has 0 aliphatic rings. The molecule has 2 rings (SSSR count). The molecule has 0 heterocycles. The minimum absolute atomic E-state index is 0.267. The summed E-state index contributed by atoms with van der Waals surface area (Å²) in [5, 5.41) is 1.49. The summed E-state index contributed by atoms with van der Waals surface area (Å²) < 4.78 is 35.2. The van der Waals surface area contributed by atoms with E-state index in [1.165, 1.54) is 0 Å². The van der Waals surface area contributed by atoms with E-state index in [-0.39, 0.29) is 11.5 Å². The molecule has 190 valence electrons. The Morgan fingerprint density at radius 2 is 1.53 bits per heavy atom. The highest BCUT2D eigenvalue weighted by Gasteiger charge is 2.29. The summed E-state index contributed by atoms with van der Waals surface area (Å²) in [4.78, 5) is 13.0. The van der Waals surface area contributed by atoms with E-state index in [2.05, 4.69) is 13.8 Å². The fourth-order valence-corrected chi connectivity index (χ4v) is 3.07. The zero-order valence-corrected chi connectivity index (χ0v) is 22.0. The molecule has 0 N–H and O–H groups in total. The molecule has 0 aromatic heterocycles. The van der Waals surface area contributed by atoms with Gasteiger partial charge >= 0.3 is 5.97 Å². The van der Waals surface area contributed by atoms with Crippen molar-refractivity contribution in [1.82, 2.24) is 0 Å². The van der Waals surface area contributed by atoms with Crippen LogP contribution in [0.3, 0.4) is 0 Å². The maximum absolute atomic E-state index is 13.0. The lowest BCUT2D eigenvalue weighted by Crippen LogP contribution is -2.27. The summed E-state index contributed by atoms with van der Waals surface area (Å²) in [6.07, 6.45) is 0.144. The van der Waals surface area contributed by atoms with Crippen LogP contribution in [0.25, 0.3) is 10.8 Å². The minimum Gasteiger partial charge on any atom is -0.493 e. The number of ether oxygens (including phenoxy) is 6. The van der Waals surface area contributed by atoms with Crippen molar-refractivity contribution >= 4 is 16.7 Å². The van der Waals surface area contributed by atoms with Crippen molar-refractivity contribution < 1.29 is 33.2 Å². The number of benzene rings is 2. The van der Waals surface area contributed by atoms with Crippen LogP contribution in [0.2, 0.25) is 0 Å². The van der Waals surface area contributed by atoms with Crippen molar-refractivity contribution in [3.05, 3.63) is 24.3 Å². The summed E-state index contributed by atoms with van der Waals surface area (Å²) in [7, 11) is 3.15. The van der Waals surface area contributed by atoms with Gasteiger partial charge in [-0.3, -0.25) is 4.79 Å². The molecule has 0 bridgehead atoms. The summed E-state index contributed by atoms with van der Waals surface area (Å²) in [5.74, 6) is 1.61. The van der Waals surface area contributed by atoms with Gasteiger partial charge in [0, 0.05) is 32.4 Å². The number of carbonyl (C=O) groups excluding carboxylic acids is 1. The van der Waals surface area contributed by atoms with E-state index in [4.69, 9.17) is 28.4 Å². The van der Waals surface area contributed by atoms with Crippen molar-refractivity contribution in [3.8, 4) is 23.0 Å². The molecule has 7 nitrogen and oxygen atoms in total. The van der Waals surface area contributed by atoms with Crippen molar-refractivity contribution in [3.63, 3.8) is 0 Å². The summed E-state index contributed by atoms with van der Waals surface area (Å²) >= 11 is 0. The Hall–Kier alpha value is -2.51. The van der Waals surface area contributed by atoms with E-state index in [1.807, 2.05) is 38.1 Å². The SMILES string of the molecule is CCC(OC)Oc1cc2ccc(OCC(C)C)cc2c(OC(=O)C(C)(C)C)c1OC(CC)OC. The highest BCUT2D eigenvalue weighted by molar-refractivity contribution is 5.96. The first kappa shape index (κ1) is 27.7. The third-order valence-electron chi connectivity index (χ3n) is 5.08. The van der Waals surface area contributed by atoms with Gasteiger partial charge < -0.3 is 28.4 Å². The smallest absolute Gasteiger partial charge is 0.316 e. The molecule has 0 fully saturated rings. The molecule has 34 heavy (non-hydrogen) atoms. The van der Waals surface area contributed by atoms with E-state index >= 15 is 0 Å². The van der Waals surface area contributed by atoms with Crippen molar-refractivity contribution in [2.45, 2.75) is 73.9 Å². The first-order valence-electron chi connectivity index (χ1n) is 11.9. The lowest BCUT2D eigenvalue weighted by Gasteiger charge is -2.25. The van der Waals surface area contributed by atoms with Gasteiger partial charge in [-0.15, -0.1) is 0 Å². The average molecular weight is 477 g/mol. The first-order valence-corrected chi connectivity index (χ1v) is 11.9. The molecule has 0 saturated heterocycles. The number of carbonyl (C=O) groups is 1. The Balaban J connectivity index is 2.76. The molecule has 2 aromatic rings. The lowest BCUT2D eigenvalue weighted by atomic mass is 9.97. The molecule has 2 unspecified atom stereocenters. The van der Waals surface area contributed by atoms with Gasteiger partial charge in [0.15, 0.2) is 24.1 Å².